The van der Waals surface area contributed by atoms with Crippen molar-refractivity contribution in [3.63, 3.8) is 0 Å². The molecule has 0 fully saturated rings. The molecule has 2 aromatic heterocycles. The molecular formula is C18H15N5. The summed E-state index contributed by atoms with van der Waals surface area (Å²) in [5, 5.41) is 4.49. The highest BCUT2D eigenvalue weighted by atomic mass is 15.3. The van der Waals surface area contributed by atoms with E-state index in [1.54, 1.807) is 4.52 Å². The lowest BCUT2D eigenvalue weighted by Gasteiger charge is -2.05. The van der Waals surface area contributed by atoms with Crippen molar-refractivity contribution in [1.29, 1.82) is 0 Å². The van der Waals surface area contributed by atoms with E-state index in [1.807, 2.05) is 66.7 Å². The molecule has 0 aliphatic carbocycles. The summed E-state index contributed by atoms with van der Waals surface area (Å²) < 4.78 is 1.65. The van der Waals surface area contributed by atoms with Gasteiger partial charge in [0.2, 0.25) is 0 Å². The van der Waals surface area contributed by atoms with E-state index in [0.717, 1.165) is 16.7 Å². The molecule has 0 aliphatic rings. The lowest BCUT2D eigenvalue weighted by Crippen LogP contribution is -1.99. The van der Waals surface area contributed by atoms with Gasteiger partial charge in [-0.3, -0.25) is 0 Å². The summed E-state index contributed by atoms with van der Waals surface area (Å²) in [4.78, 5) is 4.59. The monoisotopic (exact) mass is 301 g/mol. The van der Waals surface area contributed by atoms with Crippen LogP contribution in [0.2, 0.25) is 0 Å². The first-order valence-electron chi connectivity index (χ1n) is 7.28. The maximum atomic E-state index is 6.15. The number of hydrogen-bond acceptors (Lipinski definition) is 4. The Morgan fingerprint density at radius 2 is 1.52 bits per heavy atom. The van der Waals surface area contributed by atoms with E-state index in [2.05, 4.69) is 10.1 Å². The van der Waals surface area contributed by atoms with Crippen molar-refractivity contribution in [3.05, 3.63) is 66.7 Å². The molecule has 112 valence electrons. The maximum Gasteiger partial charge on any atom is 0.182 e. The van der Waals surface area contributed by atoms with Gasteiger partial charge < -0.3 is 11.5 Å². The molecule has 2 heterocycles. The molecule has 23 heavy (non-hydrogen) atoms. The van der Waals surface area contributed by atoms with Gasteiger partial charge in [-0.25, -0.2) is 4.98 Å². The van der Waals surface area contributed by atoms with Crippen LogP contribution in [-0.4, -0.2) is 14.6 Å². The van der Waals surface area contributed by atoms with Crippen molar-refractivity contribution in [2.75, 3.05) is 11.5 Å². The highest BCUT2D eigenvalue weighted by Crippen LogP contribution is 2.26. The van der Waals surface area contributed by atoms with Crippen LogP contribution < -0.4 is 11.5 Å². The lowest BCUT2D eigenvalue weighted by atomic mass is 10.1. The molecule has 0 saturated carbocycles. The van der Waals surface area contributed by atoms with Gasteiger partial charge in [0, 0.05) is 11.3 Å². The van der Waals surface area contributed by atoms with Crippen LogP contribution in [0.1, 0.15) is 0 Å². The van der Waals surface area contributed by atoms with Crippen LogP contribution >= 0.6 is 0 Å². The zero-order chi connectivity index (χ0) is 15.8. The van der Waals surface area contributed by atoms with E-state index in [9.17, 15) is 0 Å². The quantitative estimate of drug-likeness (QED) is 0.557. The molecule has 0 atom stereocenters. The topological polar surface area (TPSA) is 82.2 Å². The van der Waals surface area contributed by atoms with Crippen molar-refractivity contribution in [2.24, 2.45) is 0 Å². The van der Waals surface area contributed by atoms with E-state index < -0.39 is 0 Å². The maximum absolute atomic E-state index is 6.15. The Kier molecular flexibility index (Phi) is 2.98. The molecule has 0 radical (unpaired) electrons. The summed E-state index contributed by atoms with van der Waals surface area (Å²) in [6.45, 7) is 0. The molecule has 0 bridgehead atoms. The van der Waals surface area contributed by atoms with Gasteiger partial charge in [0.1, 0.15) is 5.82 Å². The minimum Gasteiger partial charge on any atom is -0.399 e. The number of rotatable bonds is 2. The Balaban J connectivity index is 1.88. The largest absolute Gasteiger partial charge is 0.399 e. The van der Waals surface area contributed by atoms with Gasteiger partial charge in [-0.15, -0.1) is 5.10 Å². The molecule has 0 spiro atoms. The van der Waals surface area contributed by atoms with E-state index in [1.165, 1.54) is 0 Å². The number of nitrogen functional groups attached to an aromatic ring is 2. The fourth-order valence-electron chi connectivity index (χ4n) is 2.60. The number of anilines is 2. The van der Waals surface area contributed by atoms with Crippen LogP contribution in [-0.2, 0) is 0 Å². The number of fused-ring (bicyclic) bond motifs is 1. The number of aromatic nitrogens is 3. The van der Waals surface area contributed by atoms with Crippen molar-refractivity contribution >= 4 is 17.2 Å². The van der Waals surface area contributed by atoms with Gasteiger partial charge in [-0.05, 0) is 35.4 Å². The number of pyridine rings is 1. The molecule has 0 amide bonds. The zero-order valence-corrected chi connectivity index (χ0v) is 12.3. The van der Waals surface area contributed by atoms with E-state index in [4.69, 9.17) is 11.5 Å². The first-order valence-corrected chi connectivity index (χ1v) is 7.28. The predicted octanol–water partition coefficient (Wildman–Crippen LogP) is 3.23. The third kappa shape index (κ3) is 2.38. The fourth-order valence-corrected chi connectivity index (χ4v) is 2.60. The smallest absolute Gasteiger partial charge is 0.182 e. The first-order chi connectivity index (χ1) is 11.2. The fraction of sp³-hybridized carbons (Fsp3) is 0. The molecule has 4 rings (SSSR count). The molecule has 4 N–H and O–H groups in total. The second kappa shape index (κ2) is 5.14. The molecule has 5 nitrogen and oxygen atoms in total. The van der Waals surface area contributed by atoms with E-state index in [0.29, 0.717) is 23.0 Å². The van der Waals surface area contributed by atoms with Crippen LogP contribution in [0.3, 0.4) is 0 Å². The second-order valence-electron chi connectivity index (χ2n) is 5.37. The summed E-state index contributed by atoms with van der Waals surface area (Å²) in [5.74, 6) is 1.19. The van der Waals surface area contributed by atoms with Crippen molar-refractivity contribution in [1.82, 2.24) is 14.6 Å². The number of nitrogens with two attached hydrogens (primary N) is 2. The van der Waals surface area contributed by atoms with Gasteiger partial charge in [0.15, 0.2) is 11.5 Å². The van der Waals surface area contributed by atoms with Crippen LogP contribution in [0, 0.1) is 0 Å². The highest BCUT2D eigenvalue weighted by Gasteiger charge is 2.10. The number of hydrogen-bond donors (Lipinski definition) is 2. The first kappa shape index (κ1) is 13.3. The Hall–Kier alpha value is -3.34. The molecule has 0 aliphatic heterocycles. The molecular weight excluding hydrogens is 286 g/mol. The Morgan fingerprint density at radius 1 is 0.739 bits per heavy atom. The van der Waals surface area contributed by atoms with Crippen molar-refractivity contribution < 1.29 is 0 Å². The van der Waals surface area contributed by atoms with Crippen molar-refractivity contribution in [2.45, 2.75) is 0 Å². The highest BCUT2D eigenvalue weighted by molar-refractivity contribution is 5.74. The number of benzene rings is 2. The normalized spacial score (nSPS) is 11.0. The zero-order valence-electron chi connectivity index (χ0n) is 12.3. The average Bonchev–Trinajstić information content (AvgIpc) is 3.00. The summed E-state index contributed by atoms with van der Waals surface area (Å²) in [6, 6.07) is 21.4. The van der Waals surface area contributed by atoms with Gasteiger partial charge in [0.05, 0.1) is 0 Å². The molecule has 4 aromatic rings. The summed E-state index contributed by atoms with van der Waals surface area (Å²) in [5.41, 5.74) is 16.4. The SMILES string of the molecule is Nc1cccc(-c2cc(N)n3nc(-c4ccccc4)nc3c2)c1. The standard InChI is InChI=1S/C18H15N5/c19-15-8-4-7-13(9-15)14-10-16(20)23-17(11-14)21-18(22-23)12-5-2-1-3-6-12/h1-11H,19-20H2. The molecule has 0 saturated heterocycles. The van der Waals surface area contributed by atoms with E-state index >= 15 is 0 Å². The van der Waals surface area contributed by atoms with Crippen LogP contribution in [0.25, 0.3) is 28.2 Å². The minimum absolute atomic E-state index is 0.537. The molecule has 5 heteroatoms. The third-order valence-corrected chi connectivity index (χ3v) is 3.72. The lowest BCUT2D eigenvalue weighted by molar-refractivity contribution is 0.979. The molecule has 0 unspecified atom stereocenters. The second-order valence-corrected chi connectivity index (χ2v) is 5.37. The molecule has 2 aromatic carbocycles. The van der Waals surface area contributed by atoms with Gasteiger partial charge in [-0.2, -0.15) is 4.52 Å². The summed E-state index contributed by atoms with van der Waals surface area (Å²) in [6.07, 6.45) is 0. The van der Waals surface area contributed by atoms with E-state index in [-0.39, 0.29) is 0 Å². The average molecular weight is 301 g/mol. The van der Waals surface area contributed by atoms with Crippen LogP contribution in [0.15, 0.2) is 66.7 Å². The minimum atomic E-state index is 0.537. The van der Waals surface area contributed by atoms with Gasteiger partial charge >= 0.3 is 0 Å². The van der Waals surface area contributed by atoms with Crippen LogP contribution in [0.4, 0.5) is 11.5 Å². The van der Waals surface area contributed by atoms with Gasteiger partial charge in [0.25, 0.3) is 0 Å². The third-order valence-electron chi connectivity index (χ3n) is 3.72. The van der Waals surface area contributed by atoms with Crippen LogP contribution in [0.5, 0.6) is 0 Å². The Bertz CT molecular complexity index is 989. The summed E-state index contributed by atoms with van der Waals surface area (Å²) >= 11 is 0. The van der Waals surface area contributed by atoms with Crippen molar-refractivity contribution in [3.8, 4) is 22.5 Å². The number of nitrogens with zero attached hydrogens (tertiary/aromatic N) is 3. The Morgan fingerprint density at radius 3 is 2.30 bits per heavy atom. The Labute approximate surface area is 133 Å². The summed E-state index contributed by atoms with van der Waals surface area (Å²) in [7, 11) is 0. The predicted molar refractivity (Wildman–Crippen MR) is 92.7 cm³/mol. The van der Waals surface area contributed by atoms with Gasteiger partial charge in [-0.1, -0.05) is 42.5 Å².